The van der Waals surface area contributed by atoms with E-state index in [4.69, 9.17) is 16.3 Å². The maximum atomic E-state index is 12.1. The number of nitrogens with one attached hydrogen (secondary N) is 1. The van der Waals surface area contributed by atoms with Gasteiger partial charge < -0.3 is 10.1 Å². The van der Waals surface area contributed by atoms with Crippen LogP contribution >= 0.6 is 11.6 Å². The SMILES string of the molecule is Cc1ccc(NC(=O)COc2ccc(-c3cnc4ccccc4n3)cc2)cc1Cl. The van der Waals surface area contributed by atoms with Crippen LogP contribution in [-0.2, 0) is 4.79 Å². The van der Waals surface area contributed by atoms with E-state index in [0.717, 1.165) is 27.9 Å². The van der Waals surface area contributed by atoms with E-state index >= 15 is 0 Å². The van der Waals surface area contributed by atoms with Gasteiger partial charge in [-0.25, -0.2) is 4.98 Å². The Bertz CT molecular complexity index is 1180. The number of benzene rings is 3. The van der Waals surface area contributed by atoms with Gasteiger partial charge in [0.2, 0.25) is 0 Å². The minimum absolute atomic E-state index is 0.0966. The zero-order chi connectivity index (χ0) is 20.2. The Hall–Kier alpha value is -3.44. The lowest BCUT2D eigenvalue weighted by Gasteiger charge is -2.09. The Balaban J connectivity index is 1.38. The summed E-state index contributed by atoms with van der Waals surface area (Å²) >= 11 is 6.08. The summed E-state index contributed by atoms with van der Waals surface area (Å²) in [5.41, 5.74) is 5.01. The first-order chi connectivity index (χ1) is 14.1. The molecule has 1 heterocycles. The summed E-state index contributed by atoms with van der Waals surface area (Å²) in [5.74, 6) is 0.342. The molecule has 0 aliphatic rings. The number of nitrogens with zero attached hydrogens (tertiary/aromatic N) is 2. The van der Waals surface area contributed by atoms with Crippen LogP contribution in [0.5, 0.6) is 5.75 Å². The van der Waals surface area contributed by atoms with Crippen molar-refractivity contribution in [3.05, 3.63) is 83.5 Å². The zero-order valence-corrected chi connectivity index (χ0v) is 16.5. The lowest BCUT2D eigenvalue weighted by Crippen LogP contribution is -2.20. The molecule has 4 aromatic rings. The largest absolute Gasteiger partial charge is 0.484 e. The highest BCUT2D eigenvalue weighted by Gasteiger charge is 2.07. The summed E-state index contributed by atoms with van der Waals surface area (Å²) in [7, 11) is 0. The molecule has 6 heteroatoms. The molecule has 0 bridgehead atoms. The first-order valence-electron chi connectivity index (χ1n) is 9.09. The van der Waals surface area contributed by atoms with Crippen molar-refractivity contribution < 1.29 is 9.53 Å². The Labute approximate surface area is 173 Å². The summed E-state index contributed by atoms with van der Waals surface area (Å²) in [4.78, 5) is 21.2. The van der Waals surface area contributed by atoms with E-state index in [1.165, 1.54) is 0 Å². The molecule has 0 aliphatic heterocycles. The van der Waals surface area contributed by atoms with E-state index in [9.17, 15) is 4.79 Å². The standard InChI is InChI=1S/C23H18ClN3O2/c1-15-6-9-17(12-19(15)24)26-23(28)14-29-18-10-7-16(8-11-18)22-13-25-20-4-2-3-5-21(20)27-22/h2-13H,14H2,1H3,(H,26,28). The van der Waals surface area contributed by atoms with E-state index in [1.807, 2.05) is 61.5 Å². The molecule has 1 N–H and O–H groups in total. The van der Waals surface area contributed by atoms with Crippen LogP contribution in [0.25, 0.3) is 22.3 Å². The molecule has 0 fully saturated rings. The van der Waals surface area contributed by atoms with Gasteiger partial charge in [0.1, 0.15) is 5.75 Å². The number of fused-ring (bicyclic) bond motifs is 1. The molecular formula is C23H18ClN3O2. The summed E-state index contributed by atoms with van der Waals surface area (Å²) < 4.78 is 5.57. The number of amides is 1. The molecular weight excluding hydrogens is 386 g/mol. The number of anilines is 1. The van der Waals surface area contributed by atoms with Crippen LogP contribution in [-0.4, -0.2) is 22.5 Å². The van der Waals surface area contributed by atoms with Crippen molar-refractivity contribution in [1.82, 2.24) is 9.97 Å². The predicted molar refractivity (Wildman–Crippen MR) is 115 cm³/mol. The zero-order valence-electron chi connectivity index (χ0n) is 15.7. The van der Waals surface area contributed by atoms with Crippen molar-refractivity contribution >= 4 is 34.2 Å². The second-order valence-electron chi connectivity index (χ2n) is 6.57. The Morgan fingerprint density at radius 1 is 1.03 bits per heavy atom. The average Bonchev–Trinajstić information content (AvgIpc) is 2.75. The molecule has 4 rings (SSSR count). The first-order valence-corrected chi connectivity index (χ1v) is 9.47. The molecule has 3 aromatic carbocycles. The van der Waals surface area contributed by atoms with Crippen LogP contribution in [0.15, 0.2) is 72.9 Å². The van der Waals surface area contributed by atoms with Gasteiger partial charge in [-0.2, -0.15) is 0 Å². The highest BCUT2D eigenvalue weighted by molar-refractivity contribution is 6.31. The van der Waals surface area contributed by atoms with E-state index in [1.54, 1.807) is 18.3 Å². The fourth-order valence-electron chi connectivity index (χ4n) is 2.83. The number of hydrogen-bond donors (Lipinski definition) is 1. The molecule has 0 unspecified atom stereocenters. The van der Waals surface area contributed by atoms with Crippen LogP contribution < -0.4 is 10.1 Å². The second kappa shape index (κ2) is 8.29. The second-order valence-corrected chi connectivity index (χ2v) is 6.98. The fraction of sp³-hybridized carbons (Fsp3) is 0.0870. The van der Waals surface area contributed by atoms with Crippen molar-refractivity contribution in [1.29, 1.82) is 0 Å². The number of halogens is 1. The average molecular weight is 404 g/mol. The van der Waals surface area contributed by atoms with Crippen molar-refractivity contribution in [2.75, 3.05) is 11.9 Å². The molecule has 0 atom stereocenters. The van der Waals surface area contributed by atoms with Crippen LogP contribution in [0.3, 0.4) is 0 Å². The number of aryl methyl sites for hydroxylation is 1. The summed E-state index contributed by atoms with van der Waals surface area (Å²) in [6.07, 6.45) is 1.75. The van der Waals surface area contributed by atoms with Crippen molar-refractivity contribution in [3.8, 4) is 17.0 Å². The Morgan fingerprint density at radius 3 is 2.55 bits per heavy atom. The minimum atomic E-state index is -0.255. The monoisotopic (exact) mass is 403 g/mol. The number of carbonyl (C=O) groups excluding carboxylic acids is 1. The first kappa shape index (κ1) is 18.9. The molecule has 1 aromatic heterocycles. The molecule has 5 nitrogen and oxygen atoms in total. The van der Waals surface area contributed by atoms with Gasteiger partial charge in [0, 0.05) is 16.3 Å². The van der Waals surface area contributed by atoms with Crippen LogP contribution in [0, 0.1) is 6.92 Å². The molecule has 0 spiro atoms. The van der Waals surface area contributed by atoms with Crippen molar-refractivity contribution in [2.24, 2.45) is 0 Å². The van der Waals surface area contributed by atoms with E-state index in [-0.39, 0.29) is 12.5 Å². The molecule has 144 valence electrons. The maximum Gasteiger partial charge on any atom is 0.262 e. The maximum absolute atomic E-state index is 12.1. The van der Waals surface area contributed by atoms with Gasteiger partial charge in [-0.05, 0) is 61.0 Å². The third-order valence-electron chi connectivity index (χ3n) is 4.42. The number of hydrogen-bond acceptors (Lipinski definition) is 4. The van der Waals surface area contributed by atoms with Gasteiger partial charge in [0.25, 0.3) is 5.91 Å². The van der Waals surface area contributed by atoms with Crippen LogP contribution in [0.1, 0.15) is 5.56 Å². The Morgan fingerprint density at radius 2 is 1.79 bits per heavy atom. The molecule has 29 heavy (non-hydrogen) atoms. The van der Waals surface area contributed by atoms with Gasteiger partial charge in [0.05, 0.1) is 22.9 Å². The molecule has 0 radical (unpaired) electrons. The molecule has 1 amide bonds. The lowest BCUT2D eigenvalue weighted by atomic mass is 10.1. The number of ether oxygens (including phenoxy) is 1. The smallest absolute Gasteiger partial charge is 0.262 e. The highest BCUT2D eigenvalue weighted by Crippen LogP contribution is 2.23. The quantitative estimate of drug-likeness (QED) is 0.492. The van der Waals surface area contributed by atoms with Gasteiger partial charge in [-0.1, -0.05) is 29.8 Å². The topological polar surface area (TPSA) is 64.1 Å². The molecule has 0 aliphatic carbocycles. The lowest BCUT2D eigenvalue weighted by molar-refractivity contribution is -0.118. The number of aromatic nitrogens is 2. The van der Waals surface area contributed by atoms with Gasteiger partial charge in [-0.3, -0.25) is 9.78 Å². The fourth-order valence-corrected chi connectivity index (χ4v) is 3.02. The van der Waals surface area contributed by atoms with Crippen LogP contribution in [0.2, 0.25) is 5.02 Å². The minimum Gasteiger partial charge on any atom is -0.484 e. The summed E-state index contributed by atoms with van der Waals surface area (Å²) in [6.45, 7) is 1.81. The normalized spacial score (nSPS) is 10.7. The molecule has 0 saturated carbocycles. The highest BCUT2D eigenvalue weighted by atomic mass is 35.5. The molecule has 0 saturated heterocycles. The predicted octanol–water partition coefficient (Wildman–Crippen LogP) is 5.28. The van der Waals surface area contributed by atoms with Crippen molar-refractivity contribution in [2.45, 2.75) is 6.92 Å². The third kappa shape index (κ3) is 4.52. The van der Waals surface area contributed by atoms with E-state index in [2.05, 4.69) is 15.3 Å². The third-order valence-corrected chi connectivity index (χ3v) is 4.83. The van der Waals surface area contributed by atoms with Crippen molar-refractivity contribution in [3.63, 3.8) is 0 Å². The summed E-state index contributed by atoms with van der Waals surface area (Å²) in [6, 6.07) is 20.5. The summed E-state index contributed by atoms with van der Waals surface area (Å²) in [5, 5.41) is 3.38. The van der Waals surface area contributed by atoms with Gasteiger partial charge in [0.15, 0.2) is 6.61 Å². The number of para-hydroxylation sites is 2. The van der Waals surface area contributed by atoms with Gasteiger partial charge >= 0.3 is 0 Å². The van der Waals surface area contributed by atoms with Crippen LogP contribution in [0.4, 0.5) is 5.69 Å². The van der Waals surface area contributed by atoms with E-state index < -0.39 is 0 Å². The van der Waals surface area contributed by atoms with E-state index in [0.29, 0.717) is 16.5 Å². The van der Waals surface area contributed by atoms with Gasteiger partial charge in [-0.15, -0.1) is 0 Å². The Kier molecular flexibility index (Phi) is 5.40. The number of carbonyl (C=O) groups is 1. The number of rotatable bonds is 5.